The van der Waals surface area contributed by atoms with Crippen LogP contribution >= 0.6 is 16.5 Å². The second kappa shape index (κ2) is 7.56. The zero-order valence-electron chi connectivity index (χ0n) is 8.22. The molecule has 0 spiro atoms. The standard InChI is InChI=1S/C5H8N2O7P2/c1-4(8)2-5(14-16(11)12)7(6)3-13-15(9)10/h5H,2-3H2,1H3/p+2. The molecular weight excluding hydrogens is 262 g/mol. The summed E-state index contributed by atoms with van der Waals surface area (Å²) in [5.74, 6) is -0.408. The number of carbonyl (C=O) groups is 1. The van der Waals surface area contributed by atoms with Crippen molar-refractivity contribution < 1.29 is 37.5 Å². The van der Waals surface area contributed by atoms with E-state index in [9.17, 15) is 19.5 Å². The van der Waals surface area contributed by atoms with Crippen molar-refractivity contribution >= 4 is 22.3 Å². The number of nitrogens with zero attached hydrogens (tertiary/aromatic N) is 2. The zero-order chi connectivity index (χ0) is 12.7. The number of hydrogen-bond acceptors (Lipinski definition) is 5. The van der Waals surface area contributed by atoms with Gasteiger partial charge in [-0.25, -0.2) is 0 Å². The number of carbonyl (C=O) groups excluding carboxylic acids is 1. The average molecular weight is 272 g/mol. The Morgan fingerprint density at radius 2 is 2.00 bits per heavy atom. The van der Waals surface area contributed by atoms with E-state index in [1.54, 1.807) is 0 Å². The Morgan fingerprint density at radius 3 is 2.38 bits per heavy atom. The molecule has 11 heteroatoms. The van der Waals surface area contributed by atoms with E-state index in [-0.39, 0.29) is 11.1 Å². The molecule has 16 heavy (non-hydrogen) atoms. The molecule has 0 bridgehead atoms. The van der Waals surface area contributed by atoms with Gasteiger partial charge in [-0.15, -0.1) is 9.79 Å². The van der Waals surface area contributed by atoms with Gasteiger partial charge in [0.05, 0.1) is 6.42 Å². The van der Waals surface area contributed by atoms with Gasteiger partial charge in [0.1, 0.15) is 5.78 Å². The highest BCUT2D eigenvalue weighted by Gasteiger charge is 2.32. The van der Waals surface area contributed by atoms with Gasteiger partial charge in [-0.3, -0.25) is 9.49 Å². The van der Waals surface area contributed by atoms with E-state index in [2.05, 4.69) is 9.05 Å². The Hall–Kier alpha value is -0.690. The smallest absolute Gasteiger partial charge is 0.502 e. The second-order valence-electron chi connectivity index (χ2n) is 2.64. The molecule has 0 aromatic rings. The minimum atomic E-state index is -3.02. The molecule has 0 saturated carbocycles. The van der Waals surface area contributed by atoms with Crippen molar-refractivity contribution in [2.45, 2.75) is 19.6 Å². The Morgan fingerprint density at radius 1 is 1.44 bits per heavy atom. The van der Waals surface area contributed by atoms with Crippen LogP contribution in [0, 0.1) is 0 Å². The molecule has 0 aliphatic carbocycles. The van der Waals surface area contributed by atoms with E-state index in [1.165, 1.54) is 6.92 Å². The van der Waals surface area contributed by atoms with Crippen molar-refractivity contribution in [2.24, 2.45) is 0 Å². The van der Waals surface area contributed by atoms with Gasteiger partial charge < -0.3 is 5.53 Å². The molecule has 9 nitrogen and oxygen atoms in total. The normalized spacial score (nSPS) is 14.2. The Balaban J connectivity index is 4.36. The highest BCUT2D eigenvalue weighted by Crippen LogP contribution is 2.22. The maximum atomic E-state index is 10.7. The van der Waals surface area contributed by atoms with Gasteiger partial charge in [-0.1, -0.05) is 0 Å². The lowest BCUT2D eigenvalue weighted by Crippen LogP contribution is -2.28. The lowest BCUT2D eigenvalue weighted by atomic mass is 10.3. The van der Waals surface area contributed by atoms with E-state index < -0.39 is 35.3 Å². The molecule has 0 aromatic heterocycles. The predicted octanol–water partition coefficient (Wildman–Crippen LogP) is 0.616. The third-order valence-corrected chi connectivity index (χ3v) is 2.07. The third kappa shape index (κ3) is 7.58. The van der Waals surface area contributed by atoms with Crippen molar-refractivity contribution in [1.82, 2.24) is 0 Å². The summed E-state index contributed by atoms with van der Waals surface area (Å²) in [5, 5.41) is 0. The Kier molecular flexibility index (Phi) is 7.24. The summed E-state index contributed by atoms with van der Waals surface area (Å²) in [6.45, 7) is 0.439. The van der Waals surface area contributed by atoms with E-state index in [1.807, 2.05) is 0 Å². The van der Waals surface area contributed by atoms with Crippen LogP contribution in [0.25, 0.3) is 5.53 Å². The monoisotopic (exact) mass is 272 g/mol. The van der Waals surface area contributed by atoms with Crippen LogP contribution in [-0.2, 0) is 23.0 Å². The van der Waals surface area contributed by atoms with Gasteiger partial charge in [0.15, 0.2) is 0 Å². The number of rotatable bonds is 8. The minimum absolute atomic E-state index is 0.230. The molecule has 0 heterocycles. The lowest BCUT2D eigenvalue weighted by molar-refractivity contribution is -0.643. The first-order chi connectivity index (χ1) is 7.32. The fourth-order valence-electron chi connectivity index (χ4n) is 0.739. The molecule has 0 aromatic carbocycles. The van der Waals surface area contributed by atoms with E-state index in [0.717, 1.165) is 0 Å². The Labute approximate surface area is 92.4 Å². The van der Waals surface area contributed by atoms with Gasteiger partial charge >= 0.3 is 22.7 Å². The van der Waals surface area contributed by atoms with Crippen molar-refractivity contribution in [3.8, 4) is 0 Å². The summed E-state index contributed by atoms with van der Waals surface area (Å²) in [4.78, 5) is 27.5. The van der Waals surface area contributed by atoms with Crippen LogP contribution in [0.3, 0.4) is 0 Å². The van der Waals surface area contributed by atoms with E-state index in [4.69, 9.17) is 9.79 Å². The quantitative estimate of drug-likeness (QED) is 0.286. The Bertz CT molecular complexity index is 304. The maximum Gasteiger partial charge on any atom is 0.701 e. The average Bonchev–Trinajstić information content (AvgIpc) is 2.11. The third-order valence-electron chi connectivity index (χ3n) is 1.31. The largest absolute Gasteiger partial charge is 0.701 e. The van der Waals surface area contributed by atoms with Crippen LogP contribution in [0.15, 0.2) is 0 Å². The zero-order valence-corrected chi connectivity index (χ0v) is 10.0. The van der Waals surface area contributed by atoms with Crippen LogP contribution in [0.1, 0.15) is 13.3 Å². The first-order valence-corrected chi connectivity index (χ1v) is 6.16. The molecule has 0 fully saturated rings. The first kappa shape index (κ1) is 15.3. The molecule has 3 unspecified atom stereocenters. The lowest BCUT2D eigenvalue weighted by Gasteiger charge is -2.08. The molecule has 2 N–H and O–H groups in total. The summed E-state index contributed by atoms with van der Waals surface area (Å²) in [6.07, 6.45) is -1.79. The summed E-state index contributed by atoms with van der Waals surface area (Å²) >= 11 is 0. The second-order valence-corrected chi connectivity index (χ2v) is 4.06. The fourth-order valence-corrected chi connectivity index (χ4v) is 1.35. The topological polar surface area (TPSA) is 135 Å². The predicted molar refractivity (Wildman–Crippen MR) is 49.4 cm³/mol. The molecule has 3 atom stereocenters. The molecule has 0 saturated heterocycles. The maximum absolute atomic E-state index is 10.7. The van der Waals surface area contributed by atoms with Crippen molar-refractivity contribution in [3.63, 3.8) is 0 Å². The summed E-state index contributed by atoms with van der Waals surface area (Å²) in [5.41, 5.74) is 9.21. The summed E-state index contributed by atoms with van der Waals surface area (Å²) < 4.78 is 29.2. The van der Waals surface area contributed by atoms with Crippen LogP contribution in [0.4, 0.5) is 0 Å². The van der Waals surface area contributed by atoms with Gasteiger partial charge in [0.25, 0.3) is 6.73 Å². The van der Waals surface area contributed by atoms with Crippen molar-refractivity contribution in [1.29, 1.82) is 0 Å². The molecule has 0 aliphatic heterocycles. The first-order valence-electron chi connectivity index (χ1n) is 3.90. The van der Waals surface area contributed by atoms with Gasteiger partial charge in [-0.05, 0) is 16.0 Å². The van der Waals surface area contributed by atoms with Crippen molar-refractivity contribution in [2.75, 3.05) is 6.73 Å². The fraction of sp³-hybridized carbons (Fsp3) is 0.800. The minimum Gasteiger partial charge on any atom is -0.502 e. The molecule has 0 rings (SSSR count). The van der Waals surface area contributed by atoms with Gasteiger partial charge in [0, 0.05) is 9.13 Å². The van der Waals surface area contributed by atoms with Crippen LogP contribution in [-0.4, -0.2) is 33.2 Å². The van der Waals surface area contributed by atoms with Crippen LogP contribution in [0.2, 0.25) is 0 Å². The highest BCUT2D eigenvalue weighted by atomic mass is 31.1. The van der Waals surface area contributed by atoms with Gasteiger partial charge in [0.2, 0.25) is 0 Å². The summed E-state index contributed by atoms with van der Waals surface area (Å²) in [6, 6.07) is 0. The van der Waals surface area contributed by atoms with Crippen molar-refractivity contribution in [3.05, 3.63) is 5.53 Å². The van der Waals surface area contributed by atoms with E-state index >= 15 is 0 Å². The molecular formula is C5H10N2O7P2+2. The van der Waals surface area contributed by atoms with Gasteiger partial charge in [-0.2, -0.15) is 0 Å². The highest BCUT2D eigenvalue weighted by molar-refractivity contribution is 7.32. The number of hydrogen-bond donors (Lipinski definition) is 2. The SMILES string of the molecule is CC(=O)CC(O[P+](=O)O)[N+](=[N-])CO[P+](=O)O. The van der Waals surface area contributed by atoms with E-state index in [0.29, 0.717) is 0 Å². The molecule has 90 valence electrons. The number of Topliss-reactive ketones (excluding diaryl/α,β-unsaturated/α-hetero) is 1. The molecule has 0 amide bonds. The number of ketones is 1. The van der Waals surface area contributed by atoms with Crippen LogP contribution < -0.4 is 0 Å². The summed E-state index contributed by atoms with van der Waals surface area (Å²) in [7, 11) is -5.95. The molecule has 0 radical (unpaired) electrons. The molecule has 0 aliphatic rings. The van der Waals surface area contributed by atoms with Crippen LogP contribution in [0.5, 0.6) is 0 Å².